The molecular weight excluding hydrogens is 413 g/mol. The summed E-state index contributed by atoms with van der Waals surface area (Å²) >= 11 is 0. The first-order chi connectivity index (χ1) is 14.3. The van der Waals surface area contributed by atoms with E-state index in [0.29, 0.717) is 19.1 Å². The van der Waals surface area contributed by atoms with Gasteiger partial charge in [-0.1, -0.05) is 0 Å². The highest BCUT2D eigenvalue weighted by molar-refractivity contribution is 7.89. The van der Waals surface area contributed by atoms with Gasteiger partial charge < -0.3 is 9.64 Å². The van der Waals surface area contributed by atoms with Crippen molar-refractivity contribution < 1.29 is 27.1 Å². The van der Waals surface area contributed by atoms with Gasteiger partial charge >= 0.3 is 5.97 Å². The molecule has 10 heteroatoms. The molecule has 8 nitrogen and oxygen atoms in total. The first-order valence-electron chi connectivity index (χ1n) is 10.2. The number of hydrogen-bond acceptors (Lipinski definition) is 6. The van der Waals surface area contributed by atoms with Crippen LogP contribution in [0.3, 0.4) is 0 Å². The molecule has 1 saturated carbocycles. The number of carbonyl (C=O) groups is 2. The molecule has 0 aromatic heterocycles. The summed E-state index contributed by atoms with van der Waals surface area (Å²) in [5, 5.41) is 0. The molecule has 0 unspecified atom stereocenters. The molecule has 0 spiro atoms. The average molecular weight is 442 g/mol. The van der Waals surface area contributed by atoms with Crippen LogP contribution in [0, 0.1) is 11.7 Å². The lowest BCUT2D eigenvalue weighted by molar-refractivity contribution is -0.145. The molecule has 0 atom stereocenters. The third-order valence-electron chi connectivity index (χ3n) is 5.27. The Balaban J connectivity index is 1.54. The molecule has 2 aliphatic rings. The number of piperazine rings is 1. The number of carbonyl (C=O) groups excluding carboxylic acids is 2. The second kappa shape index (κ2) is 9.84. The number of benzene rings is 1. The molecule has 3 rings (SSSR count). The lowest BCUT2D eigenvalue weighted by Gasteiger charge is -2.35. The minimum atomic E-state index is -3.72. The molecule has 1 heterocycles. The fraction of sp³-hybridized carbons (Fsp3) is 0.600. The molecule has 0 N–H and O–H groups in total. The van der Waals surface area contributed by atoms with E-state index >= 15 is 0 Å². The number of esters is 1. The molecule has 1 aromatic rings. The van der Waals surface area contributed by atoms with Crippen LogP contribution in [0.1, 0.15) is 19.8 Å². The Morgan fingerprint density at radius 2 is 1.73 bits per heavy atom. The topological polar surface area (TPSA) is 87.2 Å². The van der Waals surface area contributed by atoms with Gasteiger partial charge in [-0.3, -0.25) is 14.5 Å². The number of halogens is 1. The van der Waals surface area contributed by atoms with Gasteiger partial charge in [0.1, 0.15) is 5.82 Å². The molecule has 30 heavy (non-hydrogen) atoms. The molecule has 0 bridgehead atoms. The van der Waals surface area contributed by atoms with Crippen LogP contribution in [-0.4, -0.2) is 86.8 Å². The maximum absolute atomic E-state index is 13.1. The fourth-order valence-corrected chi connectivity index (χ4v) is 4.89. The van der Waals surface area contributed by atoms with Crippen molar-refractivity contribution in [1.29, 1.82) is 0 Å². The fourth-order valence-electron chi connectivity index (χ4n) is 3.46. The van der Waals surface area contributed by atoms with Gasteiger partial charge in [0, 0.05) is 32.7 Å². The number of sulfonamides is 1. The van der Waals surface area contributed by atoms with Gasteiger partial charge in [-0.25, -0.2) is 12.8 Å². The van der Waals surface area contributed by atoms with Crippen LogP contribution in [0.25, 0.3) is 0 Å². The van der Waals surface area contributed by atoms with Crippen molar-refractivity contribution in [3.8, 4) is 0 Å². The van der Waals surface area contributed by atoms with Gasteiger partial charge in [0.05, 0.1) is 24.6 Å². The third-order valence-corrected chi connectivity index (χ3v) is 7.19. The highest BCUT2D eigenvalue weighted by Gasteiger charge is 2.32. The van der Waals surface area contributed by atoms with Gasteiger partial charge in [0.2, 0.25) is 15.9 Å². The number of nitrogens with zero attached hydrogens (tertiary/aromatic N) is 3. The number of hydrogen-bond donors (Lipinski definition) is 0. The summed E-state index contributed by atoms with van der Waals surface area (Å²) in [6.45, 7) is 3.81. The van der Waals surface area contributed by atoms with Gasteiger partial charge in [0.25, 0.3) is 0 Å². The van der Waals surface area contributed by atoms with Crippen molar-refractivity contribution >= 4 is 21.9 Å². The van der Waals surface area contributed by atoms with Gasteiger partial charge in [0.15, 0.2) is 0 Å². The minimum Gasteiger partial charge on any atom is -0.465 e. The summed E-state index contributed by atoms with van der Waals surface area (Å²) in [5.41, 5.74) is 0. The summed E-state index contributed by atoms with van der Waals surface area (Å²) in [6, 6.07) is 4.72. The summed E-state index contributed by atoms with van der Waals surface area (Å²) in [7, 11) is -3.72. The predicted molar refractivity (Wildman–Crippen MR) is 108 cm³/mol. The summed E-state index contributed by atoms with van der Waals surface area (Å²) < 4.78 is 44.8. The number of amides is 1. The van der Waals surface area contributed by atoms with Crippen LogP contribution >= 0.6 is 0 Å². The maximum atomic E-state index is 13.1. The Bertz CT molecular complexity index is 850. The van der Waals surface area contributed by atoms with Crippen LogP contribution in [0.2, 0.25) is 0 Å². The molecule has 166 valence electrons. The zero-order chi connectivity index (χ0) is 21.7. The van der Waals surface area contributed by atoms with Crippen LogP contribution in [0.15, 0.2) is 29.2 Å². The second-order valence-corrected chi connectivity index (χ2v) is 9.59. The third kappa shape index (κ3) is 5.99. The van der Waals surface area contributed by atoms with Crippen molar-refractivity contribution in [3.63, 3.8) is 0 Å². The second-order valence-electron chi connectivity index (χ2n) is 7.66. The molecule has 1 aliphatic heterocycles. The van der Waals surface area contributed by atoms with Crippen molar-refractivity contribution in [2.24, 2.45) is 5.92 Å². The SMILES string of the molecule is CCOC(=O)CN(CC(=O)N1CCN(S(=O)(=O)c2ccc(F)cc2)CC1)CC1CC1. The first-order valence-corrected chi connectivity index (χ1v) is 11.6. The summed E-state index contributed by atoms with van der Waals surface area (Å²) in [6.07, 6.45) is 2.21. The van der Waals surface area contributed by atoms with E-state index in [1.54, 1.807) is 11.8 Å². The molecular formula is C20H28FN3O5S. The van der Waals surface area contributed by atoms with Crippen LogP contribution < -0.4 is 0 Å². The molecule has 0 radical (unpaired) electrons. The van der Waals surface area contributed by atoms with Crippen LogP contribution in [0.4, 0.5) is 4.39 Å². The Kier molecular flexibility index (Phi) is 7.43. The van der Waals surface area contributed by atoms with Crippen molar-refractivity contribution in [2.45, 2.75) is 24.7 Å². The van der Waals surface area contributed by atoms with E-state index in [9.17, 15) is 22.4 Å². The standard InChI is InChI=1S/C20H28FN3O5S/c1-2-29-20(26)15-22(13-16-3-4-16)14-19(25)23-9-11-24(12-10-23)30(27,28)18-7-5-17(21)6-8-18/h5-8,16H,2-4,9-15H2,1H3. The lowest BCUT2D eigenvalue weighted by Crippen LogP contribution is -2.53. The predicted octanol–water partition coefficient (Wildman–Crippen LogP) is 0.934. The largest absolute Gasteiger partial charge is 0.465 e. The molecule has 2 fully saturated rings. The quantitative estimate of drug-likeness (QED) is 0.530. The summed E-state index contributed by atoms with van der Waals surface area (Å²) in [5.74, 6) is -0.451. The van der Waals surface area contributed by atoms with E-state index in [4.69, 9.17) is 4.74 Å². The van der Waals surface area contributed by atoms with E-state index in [-0.39, 0.29) is 56.0 Å². The molecule has 1 aliphatic carbocycles. The highest BCUT2D eigenvalue weighted by atomic mass is 32.2. The number of ether oxygens (including phenoxy) is 1. The van der Waals surface area contributed by atoms with E-state index in [0.717, 1.165) is 25.0 Å². The molecule has 1 aromatic carbocycles. The average Bonchev–Trinajstić information content (AvgIpc) is 3.52. The van der Waals surface area contributed by atoms with E-state index < -0.39 is 15.8 Å². The lowest BCUT2D eigenvalue weighted by atomic mass is 10.3. The molecule has 1 saturated heterocycles. The monoisotopic (exact) mass is 441 g/mol. The normalized spacial score (nSPS) is 17.9. The molecule has 1 amide bonds. The zero-order valence-electron chi connectivity index (χ0n) is 17.1. The Hall–Kier alpha value is -2.04. The highest BCUT2D eigenvalue weighted by Crippen LogP contribution is 2.29. The van der Waals surface area contributed by atoms with E-state index in [1.807, 2.05) is 4.90 Å². The Morgan fingerprint density at radius 1 is 1.10 bits per heavy atom. The van der Waals surface area contributed by atoms with Crippen LogP contribution in [-0.2, 0) is 24.3 Å². The van der Waals surface area contributed by atoms with Crippen molar-refractivity contribution in [1.82, 2.24) is 14.1 Å². The van der Waals surface area contributed by atoms with Crippen molar-refractivity contribution in [3.05, 3.63) is 30.1 Å². The van der Waals surface area contributed by atoms with Gasteiger partial charge in [-0.2, -0.15) is 4.31 Å². The van der Waals surface area contributed by atoms with E-state index in [2.05, 4.69) is 0 Å². The Labute approximate surface area is 176 Å². The van der Waals surface area contributed by atoms with Crippen molar-refractivity contribution in [2.75, 3.05) is 52.4 Å². The Morgan fingerprint density at radius 3 is 2.30 bits per heavy atom. The van der Waals surface area contributed by atoms with Gasteiger partial charge in [-0.05, 0) is 49.9 Å². The van der Waals surface area contributed by atoms with E-state index in [1.165, 1.54) is 16.4 Å². The zero-order valence-corrected chi connectivity index (χ0v) is 17.9. The van der Waals surface area contributed by atoms with Gasteiger partial charge in [-0.15, -0.1) is 0 Å². The maximum Gasteiger partial charge on any atom is 0.320 e. The minimum absolute atomic E-state index is 0.0359. The first kappa shape index (κ1) is 22.6. The number of rotatable bonds is 9. The van der Waals surface area contributed by atoms with Crippen LogP contribution in [0.5, 0.6) is 0 Å². The smallest absolute Gasteiger partial charge is 0.320 e. The summed E-state index contributed by atoms with van der Waals surface area (Å²) in [4.78, 5) is 28.1.